The minimum atomic E-state index is -1.13. The van der Waals surface area contributed by atoms with Crippen molar-refractivity contribution in [3.8, 4) is 0 Å². The molecule has 1 aliphatic rings. The molecule has 0 spiro atoms. The highest BCUT2D eigenvalue weighted by molar-refractivity contribution is 9.10. The molecule has 0 aromatic heterocycles. The summed E-state index contributed by atoms with van der Waals surface area (Å²) in [5.74, 6) is -1.51. The van der Waals surface area contributed by atoms with Crippen molar-refractivity contribution in [2.75, 3.05) is 0 Å². The second kappa shape index (κ2) is 7.51. The van der Waals surface area contributed by atoms with E-state index in [0.29, 0.717) is 10.5 Å². The highest BCUT2D eigenvalue weighted by Crippen LogP contribution is 2.38. The first kappa shape index (κ1) is 17.8. The lowest BCUT2D eigenvalue weighted by Crippen LogP contribution is -2.37. The molecule has 7 heteroatoms. The molecule has 1 atom stereocenters. The number of hydrogen-bond donors (Lipinski definition) is 1. The zero-order valence-corrected chi connectivity index (χ0v) is 16.0. The van der Waals surface area contributed by atoms with Crippen molar-refractivity contribution in [3.05, 3.63) is 75.1 Å². The van der Waals surface area contributed by atoms with Crippen molar-refractivity contribution >= 4 is 62.2 Å². The number of halogens is 1. The van der Waals surface area contributed by atoms with E-state index in [2.05, 4.69) is 15.9 Å². The van der Waals surface area contributed by atoms with Crippen LogP contribution in [0, 0.1) is 0 Å². The van der Waals surface area contributed by atoms with Crippen molar-refractivity contribution in [1.29, 1.82) is 0 Å². The third kappa shape index (κ3) is 3.84. The number of rotatable bonds is 4. The van der Waals surface area contributed by atoms with E-state index in [0.717, 1.165) is 21.8 Å². The molecule has 4 nitrogen and oxygen atoms in total. The lowest BCUT2D eigenvalue weighted by molar-refractivity contribution is -0.145. The number of carboxylic acid groups (broad SMARTS) is 1. The van der Waals surface area contributed by atoms with E-state index in [9.17, 15) is 14.7 Å². The molecule has 1 amide bonds. The number of amides is 1. The van der Waals surface area contributed by atoms with Crippen molar-refractivity contribution in [2.45, 2.75) is 6.04 Å². The SMILES string of the molecule is O=C(O)C(c1ccccc1)N1C(=O)/C(=C\c2ccc(Br)cc2)SC1=S. The van der Waals surface area contributed by atoms with Gasteiger partial charge in [-0.05, 0) is 29.3 Å². The van der Waals surface area contributed by atoms with Gasteiger partial charge in [-0.1, -0.05) is 82.4 Å². The summed E-state index contributed by atoms with van der Waals surface area (Å²) in [5, 5.41) is 9.64. The molecule has 1 aliphatic heterocycles. The number of aliphatic carboxylic acids is 1. The fraction of sp³-hybridized carbons (Fsp3) is 0.0556. The predicted molar refractivity (Wildman–Crippen MR) is 106 cm³/mol. The Morgan fingerprint density at radius 2 is 1.80 bits per heavy atom. The highest BCUT2D eigenvalue weighted by Gasteiger charge is 2.41. The molecular weight excluding hydrogens is 422 g/mol. The Balaban J connectivity index is 1.95. The summed E-state index contributed by atoms with van der Waals surface area (Å²) in [6.45, 7) is 0. The van der Waals surface area contributed by atoms with Gasteiger partial charge in [0, 0.05) is 4.47 Å². The maximum absolute atomic E-state index is 12.8. The minimum absolute atomic E-state index is 0.240. The van der Waals surface area contributed by atoms with Crippen LogP contribution >= 0.6 is 39.9 Å². The van der Waals surface area contributed by atoms with Crippen LogP contribution in [0.4, 0.5) is 0 Å². The fourth-order valence-electron chi connectivity index (χ4n) is 2.45. The van der Waals surface area contributed by atoms with Crippen molar-refractivity contribution < 1.29 is 14.7 Å². The van der Waals surface area contributed by atoms with Crippen LogP contribution in [0.1, 0.15) is 17.2 Å². The number of carbonyl (C=O) groups excluding carboxylic acids is 1. The van der Waals surface area contributed by atoms with Gasteiger partial charge in [-0.3, -0.25) is 9.69 Å². The summed E-state index contributed by atoms with van der Waals surface area (Å²) in [7, 11) is 0. The summed E-state index contributed by atoms with van der Waals surface area (Å²) < 4.78 is 1.18. The molecule has 0 aliphatic carbocycles. The van der Waals surface area contributed by atoms with Gasteiger partial charge in [0.25, 0.3) is 5.91 Å². The number of thioether (sulfide) groups is 1. The van der Waals surface area contributed by atoms with Gasteiger partial charge in [0.15, 0.2) is 6.04 Å². The monoisotopic (exact) mass is 433 g/mol. The summed E-state index contributed by atoms with van der Waals surface area (Å²) in [6.07, 6.45) is 1.72. The summed E-state index contributed by atoms with van der Waals surface area (Å²) in [6, 6.07) is 15.0. The number of carboxylic acids is 1. The van der Waals surface area contributed by atoms with Crippen LogP contribution in [-0.2, 0) is 9.59 Å². The first-order valence-corrected chi connectivity index (χ1v) is 9.29. The minimum Gasteiger partial charge on any atom is -0.479 e. The molecule has 1 unspecified atom stereocenters. The van der Waals surface area contributed by atoms with Gasteiger partial charge in [0.1, 0.15) is 4.32 Å². The standard InChI is InChI=1S/C18H12BrNO3S2/c19-13-8-6-11(7-9-13)10-14-16(21)20(18(24)25-14)15(17(22)23)12-4-2-1-3-5-12/h1-10,15H,(H,22,23)/b14-10+. The van der Waals surface area contributed by atoms with Crippen molar-refractivity contribution in [3.63, 3.8) is 0 Å². The van der Waals surface area contributed by atoms with E-state index in [1.165, 1.54) is 4.90 Å². The Morgan fingerprint density at radius 3 is 2.40 bits per heavy atom. The molecule has 1 heterocycles. The van der Waals surface area contributed by atoms with Gasteiger partial charge in [-0.2, -0.15) is 0 Å². The van der Waals surface area contributed by atoms with Gasteiger partial charge in [0.2, 0.25) is 0 Å². The molecule has 0 saturated carbocycles. The average Bonchev–Trinajstić information content (AvgIpc) is 2.86. The first-order valence-electron chi connectivity index (χ1n) is 7.28. The number of hydrogen-bond acceptors (Lipinski definition) is 4. The third-order valence-electron chi connectivity index (χ3n) is 3.60. The predicted octanol–water partition coefficient (Wildman–Crippen LogP) is 4.48. The topological polar surface area (TPSA) is 57.6 Å². The highest BCUT2D eigenvalue weighted by atomic mass is 79.9. The van der Waals surface area contributed by atoms with Gasteiger partial charge < -0.3 is 5.11 Å². The Hall–Kier alpha value is -1.96. The third-order valence-corrected chi connectivity index (χ3v) is 5.46. The molecule has 25 heavy (non-hydrogen) atoms. The number of benzene rings is 2. The van der Waals surface area contributed by atoms with Crippen LogP contribution in [0.15, 0.2) is 64.0 Å². The summed E-state index contributed by atoms with van der Waals surface area (Å²) in [4.78, 5) is 26.2. The molecule has 0 bridgehead atoms. The van der Waals surface area contributed by atoms with E-state index in [1.54, 1.807) is 36.4 Å². The Bertz CT molecular complexity index is 866. The zero-order valence-electron chi connectivity index (χ0n) is 12.8. The molecule has 1 fully saturated rings. The molecule has 0 radical (unpaired) electrons. The second-order valence-corrected chi connectivity index (χ2v) is 7.85. The van der Waals surface area contributed by atoms with Gasteiger partial charge >= 0.3 is 5.97 Å². The molecular formula is C18H12BrNO3S2. The van der Waals surface area contributed by atoms with Crippen molar-refractivity contribution in [2.24, 2.45) is 0 Å². The molecule has 1 saturated heterocycles. The van der Waals surface area contributed by atoms with E-state index in [1.807, 2.05) is 24.3 Å². The van der Waals surface area contributed by atoms with Crippen LogP contribution in [0.25, 0.3) is 6.08 Å². The lowest BCUT2D eigenvalue weighted by Gasteiger charge is -2.23. The second-order valence-electron chi connectivity index (χ2n) is 5.25. The van der Waals surface area contributed by atoms with Crippen LogP contribution in [0.3, 0.4) is 0 Å². The zero-order chi connectivity index (χ0) is 18.0. The van der Waals surface area contributed by atoms with E-state index >= 15 is 0 Å². The fourth-order valence-corrected chi connectivity index (χ4v) is 4.03. The molecule has 2 aromatic carbocycles. The molecule has 1 N–H and O–H groups in total. The van der Waals surface area contributed by atoms with Crippen LogP contribution in [0.2, 0.25) is 0 Å². The number of nitrogens with zero attached hydrogens (tertiary/aromatic N) is 1. The summed E-state index contributed by atoms with van der Waals surface area (Å²) in [5.41, 5.74) is 1.35. The average molecular weight is 434 g/mol. The lowest BCUT2D eigenvalue weighted by atomic mass is 10.1. The normalized spacial score (nSPS) is 17.2. The van der Waals surface area contributed by atoms with Gasteiger partial charge in [-0.15, -0.1) is 0 Å². The van der Waals surface area contributed by atoms with E-state index in [4.69, 9.17) is 12.2 Å². The Morgan fingerprint density at radius 1 is 1.16 bits per heavy atom. The van der Waals surface area contributed by atoms with Crippen LogP contribution in [-0.4, -0.2) is 26.2 Å². The maximum Gasteiger partial charge on any atom is 0.331 e. The van der Waals surface area contributed by atoms with Crippen molar-refractivity contribution in [1.82, 2.24) is 4.90 Å². The van der Waals surface area contributed by atoms with Gasteiger partial charge in [0.05, 0.1) is 4.91 Å². The number of carbonyl (C=O) groups is 2. The van der Waals surface area contributed by atoms with E-state index < -0.39 is 17.9 Å². The Labute approximate surface area is 162 Å². The first-order chi connectivity index (χ1) is 12.0. The smallest absolute Gasteiger partial charge is 0.331 e. The summed E-state index contributed by atoms with van der Waals surface area (Å²) >= 11 is 9.76. The number of thiocarbonyl (C=S) groups is 1. The largest absolute Gasteiger partial charge is 0.479 e. The Kier molecular flexibility index (Phi) is 5.36. The van der Waals surface area contributed by atoms with Gasteiger partial charge in [-0.25, -0.2) is 4.79 Å². The van der Waals surface area contributed by atoms with Crippen LogP contribution in [0.5, 0.6) is 0 Å². The molecule has 126 valence electrons. The van der Waals surface area contributed by atoms with Crippen LogP contribution < -0.4 is 0 Å². The molecule has 2 aromatic rings. The quantitative estimate of drug-likeness (QED) is 0.568. The molecule has 3 rings (SSSR count). The van der Waals surface area contributed by atoms with E-state index in [-0.39, 0.29) is 4.32 Å². The maximum atomic E-state index is 12.8.